The van der Waals surface area contributed by atoms with E-state index < -0.39 is 6.10 Å². The first-order valence-corrected chi connectivity index (χ1v) is 8.28. The van der Waals surface area contributed by atoms with Crippen LogP contribution in [0.1, 0.15) is 34.1 Å². The Bertz CT molecular complexity index is 749. The first-order chi connectivity index (χ1) is 11.9. The molecule has 0 unspecified atom stereocenters. The van der Waals surface area contributed by atoms with Crippen LogP contribution in [0.25, 0.3) is 0 Å². The average molecular weight is 343 g/mol. The van der Waals surface area contributed by atoms with E-state index in [0.29, 0.717) is 24.1 Å². The number of β-amino-alcohol motifs (C(OH)–C–C–N with tert-alkyl or cyclic N) is 1. The van der Waals surface area contributed by atoms with E-state index in [2.05, 4.69) is 4.98 Å². The van der Waals surface area contributed by atoms with Crippen molar-refractivity contribution in [3.63, 3.8) is 0 Å². The van der Waals surface area contributed by atoms with Crippen LogP contribution in [0.4, 0.5) is 4.39 Å². The molecule has 0 spiro atoms. The number of pyridine rings is 1. The van der Waals surface area contributed by atoms with Crippen molar-refractivity contribution in [2.24, 2.45) is 0 Å². The summed E-state index contributed by atoms with van der Waals surface area (Å²) in [5.74, 6) is -0.546. The second-order valence-corrected chi connectivity index (χ2v) is 6.69. The third-order valence-electron chi connectivity index (χ3n) is 4.32. The third kappa shape index (κ3) is 4.03. The molecule has 1 saturated heterocycles. The molecular formula is C19H22FN3O2. The maximum Gasteiger partial charge on any atom is 0.256 e. The van der Waals surface area contributed by atoms with Crippen LogP contribution < -0.4 is 0 Å². The van der Waals surface area contributed by atoms with Gasteiger partial charge in [-0.3, -0.25) is 9.78 Å². The van der Waals surface area contributed by atoms with E-state index in [1.807, 2.05) is 25.1 Å². The minimum absolute atomic E-state index is 0.199. The summed E-state index contributed by atoms with van der Waals surface area (Å²) in [6.07, 6.45) is 1.36. The van der Waals surface area contributed by atoms with E-state index in [0.717, 1.165) is 5.69 Å². The summed E-state index contributed by atoms with van der Waals surface area (Å²) in [6.45, 7) is 0.933. The Hall–Kier alpha value is -2.31. The normalized spacial score (nSPS) is 20.3. The van der Waals surface area contributed by atoms with Crippen molar-refractivity contribution in [2.45, 2.75) is 25.1 Å². The summed E-state index contributed by atoms with van der Waals surface area (Å²) in [5, 5.41) is 10.0. The van der Waals surface area contributed by atoms with Gasteiger partial charge in [-0.05, 0) is 50.3 Å². The average Bonchev–Trinajstić information content (AvgIpc) is 2.96. The highest BCUT2D eigenvalue weighted by Crippen LogP contribution is 2.33. The molecule has 2 heterocycles. The molecule has 5 nitrogen and oxygen atoms in total. The maximum atomic E-state index is 13.5. The fourth-order valence-electron chi connectivity index (χ4n) is 3.20. The maximum absolute atomic E-state index is 13.5. The summed E-state index contributed by atoms with van der Waals surface area (Å²) in [5.41, 5.74) is 2.05. The molecule has 1 aromatic carbocycles. The summed E-state index contributed by atoms with van der Waals surface area (Å²) >= 11 is 0. The summed E-state index contributed by atoms with van der Waals surface area (Å²) < 4.78 is 13.5. The highest BCUT2D eigenvalue weighted by Gasteiger charge is 2.35. The summed E-state index contributed by atoms with van der Waals surface area (Å²) in [7, 11) is 3.91. The molecule has 1 N–H and O–H groups in total. The number of aliphatic hydroxyl groups excluding tert-OH is 1. The topological polar surface area (TPSA) is 56.7 Å². The van der Waals surface area contributed by atoms with Crippen molar-refractivity contribution in [3.8, 4) is 0 Å². The highest BCUT2D eigenvalue weighted by atomic mass is 19.1. The van der Waals surface area contributed by atoms with E-state index in [4.69, 9.17) is 0 Å². The first-order valence-electron chi connectivity index (χ1n) is 8.28. The number of likely N-dealkylation sites (tertiary alicyclic amines) is 1. The number of rotatable bonds is 4. The van der Waals surface area contributed by atoms with Crippen LogP contribution >= 0.6 is 0 Å². The van der Waals surface area contributed by atoms with Crippen LogP contribution in [0.3, 0.4) is 0 Å². The molecule has 3 rings (SSSR count). The Morgan fingerprint density at radius 1 is 1.36 bits per heavy atom. The lowest BCUT2D eigenvalue weighted by atomic mass is 10.0. The van der Waals surface area contributed by atoms with Gasteiger partial charge in [-0.15, -0.1) is 0 Å². The largest absolute Gasteiger partial charge is 0.391 e. The van der Waals surface area contributed by atoms with E-state index in [1.165, 1.54) is 12.1 Å². The molecule has 1 aliphatic rings. The van der Waals surface area contributed by atoms with Crippen molar-refractivity contribution in [1.29, 1.82) is 0 Å². The van der Waals surface area contributed by atoms with E-state index in [-0.39, 0.29) is 24.3 Å². The minimum Gasteiger partial charge on any atom is -0.391 e. The molecule has 1 amide bonds. The predicted molar refractivity (Wildman–Crippen MR) is 92.4 cm³/mol. The predicted octanol–water partition coefficient (Wildman–Crippen LogP) is 2.23. The van der Waals surface area contributed by atoms with Crippen LogP contribution in [0.15, 0.2) is 42.6 Å². The highest BCUT2D eigenvalue weighted by molar-refractivity contribution is 5.94. The number of hydrogen-bond donors (Lipinski definition) is 1. The molecule has 1 fully saturated rings. The lowest BCUT2D eigenvalue weighted by molar-refractivity contribution is 0.0715. The Labute approximate surface area is 146 Å². The van der Waals surface area contributed by atoms with Gasteiger partial charge < -0.3 is 14.9 Å². The number of hydrogen-bond acceptors (Lipinski definition) is 4. The van der Waals surface area contributed by atoms with E-state index in [9.17, 15) is 14.3 Å². The zero-order chi connectivity index (χ0) is 18.0. The number of carbonyl (C=O) groups excluding carboxylic acids is 1. The molecule has 0 saturated carbocycles. The van der Waals surface area contributed by atoms with Crippen molar-refractivity contribution >= 4 is 5.91 Å². The number of halogens is 1. The zero-order valence-corrected chi connectivity index (χ0v) is 14.4. The van der Waals surface area contributed by atoms with Gasteiger partial charge in [-0.25, -0.2) is 4.39 Å². The monoisotopic (exact) mass is 343 g/mol. The van der Waals surface area contributed by atoms with E-state index in [1.54, 1.807) is 29.3 Å². The molecule has 2 atom stereocenters. The van der Waals surface area contributed by atoms with Crippen LogP contribution in [-0.4, -0.2) is 52.5 Å². The fourth-order valence-corrected chi connectivity index (χ4v) is 3.20. The number of amides is 1. The number of aromatic nitrogens is 1. The molecule has 0 aliphatic carbocycles. The van der Waals surface area contributed by atoms with Crippen LogP contribution in [-0.2, 0) is 6.54 Å². The Morgan fingerprint density at radius 2 is 2.16 bits per heavy atom. The number of benzene rings is 1. The Balaban J connectivity index is 1.82. The Kier molecular flexibility index (Phi) is 5.11. The number of carbonyl (C=O) groups is 1. The van der Waals surface area contributed by atoms with Gasteiger partial charge in [-0.1, -0.05) is 12.1 Å². The van der Waals surface area contributed by atoms with Gasteiger partial charge >= 0.3 is 0 Å². The number of aliphatic hydroxyl groups is 1. The SMILES string of the molecule is CN(C)Cc1ccc(C(=O)N2C[C@@H](O)C[C@H]2c2cccc(F)c2)cn1. The molecule has 0 radical (unpaired) electrons. The lowest BCUT2D eigenvalue weighted by Crippen LogP contribution is -2.32. The molecule has 132 valence electrons. The van der Waals surface area contributed by atoms with Gasteiger partial charge in [0.2, 0.25) is 0 Å². The van der Waals surface area contributed by atoms with Crippen molar-refractivity contribution in [3.05, 3.63) is 65.2 Å². The van der Waals surface area contributed by atoms with Crippen molar-refractivity contribution < 1.29 is 14.3 Å². The third-order valence-corrected chi connectivity index (χ3v) is 4.32. The van der Waals surface area contributed by atoms with Gasteiger partial charge in [0.25, 0.3) is 5.91 Å². The van der Waals surface area contributed by atoms with Gasteiger partial charge in [0.05, 0.1) is 23.4 Å². The standard InChI is InChI=1S/C19H22FN3O2/c1-22(2)11-16-7-6-14(10-21-16)19(25)23-12-17(24)9-18(23)13-4-3-5-15(20)8-13/h3-8,10,17-18,24H,9,11-12H2,1-2H3/t17-,18-/m0/s1. The van der Waals surface area contributed by atoms with Crippen LogP contribution in [0, 0.1) is 5.82 Å². The quantitative estimate of drug-likeness (QED) is 0.925. The van der Waals surface area contributed by atoms with Gasteiger partial charge in [0.1, 0.15) is 5.82 Å². The van der Waals surface area contributed by atoms with Gasteiger partial charge in [-0.2, -0.15) is 0 Å². The van der Waals surface area contributed by atoms with E-state index >= 15 is 0 Å². The summed E-state index contributed by atoms with van der Waals surface area (Å²) in [4.78, 5) is 20.8. The molecule has 0 bridgehead atoms. The Morgan fingerprint density at radius 3 is 2.80 bits per heavy atom. The van der Waals surface area contributed by atoms with Crippen molar-refractivity contribution in [1.82, 2.24) is 14.8 Å². The fraction of sp³-hybridized carbons (Fsp3) is 0.368. The van der Waals surface area contributed by atoms with Crippen molar-refractivity contribution in [2.75, 3.05) is 20.6 Å². The molecule has 1 aliphatic heterocycles. The molecule has 25 heavy (non-hydrogen) atoms. The molecule has 2 aromatic rings. The van der Waals surface area contributed by atoms with Crippen LogP contribution in [0.2, 0.25) is 0 Å². The molecule has 6 heteroatoms. The smallest absolute Gasteiger partial charge is 0.256 e. The minimum atomic E-state index is -0.613. The zero-order valence-electron chi connectivity index (χ0n) is 14.4. The van der Waals surface area contributed by atoms with Crippen LogP contribution in [0.5, 0.6) is 0 Å². The summed E-state index contributed by atoms with van der Waals surface area (Å²) in [6, 6.07) is 9.44. The first kappa shape index (κ1) is 17.5. The molecular weight excluding hydrogens is 321 g/mol. The second-order valence-electron chi connectivity index (χ2n) is 6.69. The second kappa shape index (κ2) is 7.29. The van der Waals surface area contributed by atoms with Gasteiger partial charge in [0, 0.05) is 19.3 Å². The lowest BCUT2D eigenvalue weighted by Gasteiger charge is -2.25. The van der Waals surface area contributed by atoms with Gasteiger partial charge in [0.15, 0.2) is 0 Å². The molecule has 1 aromatic heterocycles. The number of nitrogens with zero attached hydrogens (tertiary/aromatic N) is 3.